The maximum Gasteiger partial charge on any atom is 0.321 e. The Morgan fingerprint density at radius 3 is 2.18 bits per heavy atom. The summed E-state index contributed by atoms with van der Waals surface area (Å²) < 4.78 is 0. The number of nitrogens with zero attached hydrogens (tertiary/aromatic N) is 4. The minimum atomic E-state index is -0.0427. The summed E-state index contributed by atoms with van der Waals surface area (Å²) in [4.78, 5) is 33.9. The number of rotatable bonds is 9. The molecule has 2 aromatic carbocycles. The molecule has 0 saturated carbocycles. The van der Waals surface area contributed by atoms with Crippen molar-refractivity contribution in [2.75, 3.05) is 62.6 Å². The van der Waals surface area contributed by atoms with Gasteiger partial charge in [0.1, 0.15) is 0 Å². The molecule has 2 saturated heterocycles. The van der Waals surface area contributed by atoms with E-state index in [1.54, 1.807) is 6.92 Å². The van der Waals surface area contributed by atoms with Crippen LogP contribution in [0.1, 0.15) is 51.5 Å². The quantitative estimate of drug-likeness (QED) is 0.456. The summed E-state index contributed by atoms with van der Waals surface area (Å²) in [6.07, 6.45) is 2.88. The number of amides is 3. The average Bonchev–Trinajstić information content (AvgIpc) is 3.41. The standard InChI is InChI=1S/C30H42ClN5O2/c1-4-33(5-2)20-21-36(23(3)37)29-16-19-35(22-29)28-12-10-27(11-13-28)32-30(38)34-17-14-25(15-18-34)24-6-8-26(31)9-7-24/h6-13,25,29H,4-5,14-22H2,1-3H3,(H,32,38)/t29-/m1/s1. The Kier molecular flexibility index (Phi) is 9.91. The van der Waals surface area contributed by atoms with Crippen LogP contribution in [0, 0.1) is 0 Å². The predicted octanol–water partition coefficient (Wildman–Crippen LogP) is 5.52. The fraction of sp³-hybridized carbons (Fsp3) is 0.533. The monoisotopic (exact) mass is 539 g/mol. The molecule has 0 aromatic heterocycles. The summed E-state index contributed by atoms with van der Waals surface area (Å²) in [5.41, 5.74) is 3.23. The number of hydrogen-bond acceptors (Lipinski definition) is 4. The Bertz CT molecular complexity index is 1050. The Morgan fingerprint density at radius 2 is 1.58 bits per heavy atom. The minimum absolute atomic E-state index is 0.0427. The molecule has 2 aromatic rings. The Morgan fingerprint density at radius 1 is 0.921 bits per heavy atom. The van der Waals surface area contributed by atoms with Crippen LogP contribution in [0.4, 0.5) is 16.2 Å². The molecule has 4 rings (SSSR count). The van der Waals surface area contributed by atoms with Crippen LogP contribution < -0.4 is 10.2 Å². The molecule has 206 valence electrons. The molecule has 0 bridgehead atoms. The zero-order valence-corrected chi connectivity index (χ0v) is 23.8. The maximum absolute atomic E-state index is 12.9. The highest BCUT2D eigenvalue weighted by atomic mass is 35.5. The first-order valence-electron chi connectivity index (χ1n) is 14.0. The summed E-state index contributed by atoms with van der Waals surface area (Å²) in [6, 6.07) is 16.3. The third-order valence-electron chi connectivity index (χ3n) is 8.17. The summed E-state index contributed by atoms with van der Waals surface area (Å²) in [5, 5.41) is 3.82. The third kappa shape index (κ3) is 7.20. The molecule has 38 heavy (non-hydrogen) atoms. The van der Waals surface area contributed by atoms with E-state index >= 15 is 0 Å². The molecule has 0 unspecified atom stereocenters. The minimum Gasteiger partial charge on any atom is -0.369 e. The molecular formula is C30H42ClN5O2. The van der Waals surface area contributed by atoms with E-state index < -0.39 is 0 Å². The fourth-order valence-electron chi connectivity index (χ4n) is 5.73. The zero-order chi connectivity index (χ0) is 27.1. The zero-order valence-electron chi connectivity index (χ0n) is 23.0. The SMILES string of the molecule is CCN(CC)CCN(C(C)=O)[C@@H]1CCN(c2ccc(NC(=O)N3CCC(c4ccc(Cl)cc4)CC3)cc2)C1. The van der Waals surface area contributed by atoms with Crippen LogP contribution in [0.5, 0.6) is 0 Å². The van der Waals surface area contributed by atoms with Gasteiger partial charge in [-0.25, -0.2) is 4.79 Å². The Balaban J connectivity index is 1.26. The molecule has 0 aliphatic carbocycles. The van der Waals surface area contributed by atoms with Gasteiger partial charge in [0.25, 0.3) is 0 Å². The summed E-state index contributed by atoms with van der Waals surface area (Å²) in [7, 11) is 0. The van der Waals surface area contributed by atoms with Crippen molar-refractivity contribution < 1.29 is 9.59 Å². The first-order valence-corrected chi connectivity index (χ1v) is 14.4. The van der Waals surface area contributed by atoms with Gasteiger partial charge in [-0.2, -0.15) is 0 Å². The van der Waals surface area contributed by atoms with Gasteiger partial charge >= 0.3 is 6.03 Å². The van der Waals surface area contributed by atoms with Crippen LogP contribution in [-0.2, 0) is 4.79 Å². The van der Waals surface area contributed by atoms with Crippen LogP contribution in [-0.4, -0.2) is 85.0 Å². The fourth-order valence-corrected chi connectivity index (χ4v) is 5.85. The van der Waals surface area contributed by atoms with Gasteiger partial charge < -0.3 is 24.9 Å². The van der Waals surface area contributed by atoms with Crippen molar-refractivity contribution >= 4 is 34.9 Å². The van der Waals surface area contributed by atoms with Crippen molar-refractivity contribution in [3.05, 3.63) is 59.1 Å². The highest BCUT2D eigenvalue weighted by Crippen LogP contribution is 2.29. The number of urea groups is 1. The normalized spacial score (nSPS) is 18.2. The molecule has 2 fully saturated rings. The van der Waals surface area contributed by atoms with Crippen LogP contribution in [0.15, 0.2) is 48.5 Å². The molecule has 8 heteroatoms. The van der Waals surface area contributed by atoms with Crippen LogP contribution in [0.2, 0.25) is 5.02 Å². The predicted molar refractivity (Wildman–Crippen MR) is 156 cm³/mol. The number of likely N-dealkylation sites (tertiary alicyclic amines) is 1. The van der Waals surface area contributed by atoms with Gasteiger partial charge in [0.05, 0.1) is 6.04 Å². The Hall–Kier alpha value is -2.77. The number of likely N-dealkylation sites (N-methyl/N-ethyl adjacent to an activating group) is 1. The second-order valence-electron chi connectivity index (χ2n) is 10.4. The molecule has 0 radical (unpaired) electrons. The second-order valence-corrected chi connectivity index (χ2v) is 10.9. The molecule has 0 spiro atoms. The van der Waals surface area contributed by atoms with Crippen molar-refractivity contribution in [1.29, 1.82) is 0 Å². The Labute approximate surface area is 232 Å². The van der Waals surface area contributed by atoms with Crippen molar-refractivity contribution in [2.24, 2.45) is 0 Å². The average molecular weight is 540 g/mol. The van der Waals surface area contributed by atoms with E-state index in [2.05, 4.69) is 53.2 Å². The second kappa shape index (κ2) is 13.3. The van der Waals surface area contributed by atoms with Gasteiger partial charge in [-0.05, 0) is 80.2 Å². The lowest BCUT2D eigenvalue weighted by molar-refractivity contribution is -0.131. The number of piperidine rings is 1. The molecule has 1 atom stereocenters. The van der Waals surface area contributed by atoms with E-state index in [1.807, 2.05) is 34.1 Å². The summed E-state index contributed by atoms with van der Waals surface area (Å²) >= 11 is 6.02. The number of benzene rings is 2. The van der Waals surface area contributed by atoms with Crippen molar-refractivity contribution in [1.82, 2.24) is 14.7 Å². The van der Waals surface area contributed by atoms with Gasteiger partial charge in [0, 0.05) is 62.6 Å². The number of halogens is 1. The number of hydrogen-bond donors (Lipinski definition) is 1. The molecule has 3 amide bonds. The maximum atomic E-state index is 12.9. The topological polar surface area (TPSA) is 59.1 Å². The molecule has 2 aliphatic heterocycles. The van der Waals surface area contributed by atoms with Gasteiger partial charge in [-0.15, -0.1) is 0 Å². The number of carbonyl (C=O) groups is 2. The lowest BCUT2D eigenvalue weighted by Gasteiger charge is -2.32. The van der Waals surface area contributed by atoms with Crippen LogP contribution in [0.3, 0.4) is 0 Å². The highest BCUT2D eigenvalue weighted by molar-refractivity contribution is 6.30. The lowest BCUT2D eigenvalue weighted by atomic mass is 9.89. The number of nitrogens with one attached hydrogen (secondary N) is 1. The molecule has 7 nitrogen and oxygen atoms in total. The molecule has 2 aliphatic rings. The molecular weight excluding hydrogens is 498 g/mol. The molecule has 1 N–H and O–H groups in total. The summed E-state index contributed by atoms with van der Waals surface area (Å²) in [5.74, 6) is 0.621. The van der Waals surface area contributed by atoms with E-state index in [0.29, 0.717) is 5.92 Å². The van der Waals surface area contributed by atoms with Crippen LogP contribution in [0.25, 0.3) is 0 Å². The van der Waals surface area contributed by atoms with E-state index in [0.717, 1.165) is 88.0 Å². The number of anilines is 2. The van der Waals surface area contributed by atoms with Gasteiger partial charge in [0.2, 0.25) is 5.91 Å². The van der Waals surface area contributed by atoms with Gasteiger partial charge in [-0.3, -0.25) is 4.79 Å². The highest BCUT2D eigenvalue weighted by Gasteiger charge is 2.30. The van der Waals surface area contributed by atoms with Crippen molar-refractivity contribution in [3.63, 3.8) is 0 Å². The van der Waals surface area contributed by atoms with Crippen LogP contribution >= 0.6 is 11.6 Å². The first-order chi connectivity index (χ1) is 18.4. The largest absolute Gasteiger partial charge is 0.369 e. The van der Waals surface area contributed by atoms with E-state index in [9.17, 15) is 9.59 Å². The number of carbonyl (C=O) groups excluding carboxylic acids is 2. The van der Waals surface area contributed by atoms with E-state index in [4.69, 9.17) is 11.6 Å². The lowest BCUT2D eigenvalue weighted by Crippen LogP contribution is -2.45. The van der Waals surface area contributed by atoms with E-state index in [-0.39, 0.29) is 18.0 Å². The van der Waals surface area contributed by atoms with Crippen molar-refractivity contribution in [2.45, 2.75) is 52.0 Å². The summed E-state index contributed by atoms with van der Waals surface area (Å²) in [6.45, 7) is 13.0. The third-order valence-corrected chi connectivity index (χ3v) is 8.42. The smallest absolute Gasteiger partial charge is 0.321 e. The first kappa shape index (κ1) is 28.2. The van der Waals surface area contributed by atoms with Gasteiger partial charge in [-0.1, -0.05) is 37.6 Å². The van der Waals surface area contributed by atoms with Gasteiger partial charge in [0.15, 0.2) is 0 Å². The van der Waals surface area contributed by atoms with Crippen molar-refractivity contribution in [3.8, 4) is 0 Å². The van der Waals surface area contributed by atoms with E-state index in [1.165, 1.54) is 5.56 Å². The molecule has 2 heterocycles.